The fraction of sp³-hybridized carbons (Fsp3) is 0.533. The Morgan fingerprint density at radius 3 is 2.65 bits per heavy atom. The lowest BCUT2D eigenvalue weighted by Crippen LogP contribution is -2.17. The number of nitrogens with two attached hydrogens (primary N) is 1. The maximum atomic E-state index is 11.8. The first-order valence-electron chi connectivity index (χ1n) is 7.61. The summed E-state index contributed by atoms with van der Waals surface area (Å²) in [7, 11) is 0. The number of thioether (sulfide) groups is 1. The molecule has 0 bridgehead atoms. The van der Waals surface area contributed by atoms with E-state index in [0.717, 1.165) is 42.0 Å². The zero-order valence-corrected chi connectivity index (χ0v) is 14.8. The largest absolute Gasteiger partial charge is 0.366 e. The molecule has 0 fully saturated rings. The van der Waals surface area contributed by atoms with Crippen molar-refractivity contribution in [3.63, 3.8) is 0 Å². The molecule has 2 aromatic heterocycles. The Hall–Kier alpha value is -1.96. The second-order valence-corrected chi connectivity index (χ2v) is 6.42. The van der Waals surface area contributed by atoms with Gasteiger partial charge in [0.25, 0.3) is 5.91 Å². The molecule has 0 unspecified atom stereocenters. The van der Waals surface area contributed by atoms with Crippen molar-refractivity contribution in [2.24, 2.45) is 5.73 Å². The van der Waals surface area contributed by atoms with Crippen LogP contribution in [0.2, 0.25) is 0 Å². The molecule has 0 aliphatic carbocycles. The summed E-state index contributed by atoms with van der Waals surface area (Å²) in [4.78, 5) is 16.3. The lowest BCUT2D eigenvalue weighted by molar-refractivity contribution is 0.0996. The monoisotopic (exact) mass is 334 g/mol. The van der Waals surface area contributed by atoms with Crippen LogP contribution in [0.1, 0.15) is 52.8 Å². The topological polar surface area (TPSA) is 99.6 Å². The van der Waals surface area contributed by atoms with Gasteiger partial charge < -0.3 is 5.73 Å². The number of amides is 1. The van der Waals surface area contributed by atoms with Crippen molar-refractivity contribution in [2.45, 2.75) is 57.9 Å². The minimum atomic E-state index is -0.453. The molecule has 23 heavy (non-hydrogen) atoms. The molecule has 0 saturated heterocycles. The first-order valence-corrected chi connectivity index (χ1v) is 8.59. The zero-order valence-electron chi connectivity index (χ0n) is 14.0. The average molecular weight is 334 g/mol. The number of pyridine rings is 1. The Labute approximate surface area is 140 Å². The van der Waals surface area contributed by atoms with Crippen molar-refractivity contribution in [2.75, 3.05) is 0 Å². The number of carbonyl (C=O) groups excluding carboxylic acids is 1. The van der Waals surface area contributed by atoms with Crippen LogP contribution in [0.5, 0.6) is 0 Å². The SMILES string of the molecule is CCCCn1nnnc1CSc1nc(C)c(C)c(C)c1C(N)=O. The summed E-state index contributed by atoms with van der Waals surface area (Å²) in [6.45, 7) is 8.70. The maximum Gasteiger partial charge on any atom is 0.251 e. The van der Waals surface area contributed by atoms with Gasteiger partial charge in [-0.3, -0.25) is 4.79 Å². The van der Waals surface area contributed by atoms with E-state index in [2.05, 4.69) is 27.4 Å². The number of nitrogens with zero attached hydrogens (tertiary/aromatic N) is 5. The Kier molecular flexibility index (Phi) is 5.70. The zero-order chi connectivity index (χ0) is 17.0. The number of primary amides is 1. The van der Waals surface area contributed by atoms with Gasteiger partial charge in [-0.2, -0.15) is 0 Å². The van der Waals surface area contributed by atoms with Crippen molar-refractivity contribution in [1.29, 1.82) is 0 Å². The van der Waals surface area contributed by atoms with Crippen LogP contribution in [0.4, 0.5) is 0 Å². The molecule has 8 heteroatoms. The fourth-order valence-electron chi connectivity index (χ4n) is 2.25. The predicted molar refractivity (Wildman–Crippen MR) is 89.3 cm³/mol. The number of aromatic nitrogens is 5. The van der Waals surface area contributed by atoms with Crippen molar-refractivity contribution in [3.8, 4) is 0 Å². The standard InChI is InChI=1S/C15H22N6OS/c1-5-6-7-21-12(18-19-20-21)8-23-15-13(14(16)22)10(3)9(2)11(4)17-15/h5-8H2,1-4H3,(H2,16,22). The molecule has 0 spiro atoms. The number of carbonyl (C=O) groups is 1. The molecule has 124 valence electrons. The Balaban J connectivity index is 2.24. The van der Waals surface area contributed by atoms with Gasteiger partial charge in [0, 0.05) is 12.2 Å². The summed E-state index contributed by atoms with van der Waals surface area (Å²) < 4.78 is 1.80. The molecule has 2 aromatic rings. The van der Waals surface area contributed by atoms with Gasteiger partial charge in [-0.05, 0) is 48.7 Å². The minimum absolute atomic E-state index is 0.453. The van der Waals surface area contributed by atoms with Gasteiger partial charge in [-0.25, -0.2) is 9.67 Å². The third-order valence-electron chi connectivity index (χ3n) is 3.88. The van der Waals surface area contributed by atoms with E-state index in [0.29, 0.717) is 16.3 Å². The van der Waals surface area contributed by atoms with Gasteiger partial charge in [0.2, 0.25) is 0 Å². The summed E-state index contributed by atoms with van der Waals surface area (Å²) in [6.07, 6.45) is 2.10. The van der Waals surface area contributed by atoms with E-state index in [4.69, 9.17) is 5.73 Å². The van der Waals surface area contributed by atoms with E-state index in [1.54, 1.807) is 4.68 Å². The molecular formula is C15H22N6OS. The van der Waals surface area contributed by atoms with Crippen LogP contribution in [-0.4, -0.2) is 31.1 Å². The third-order valence-corrected chi connectivity index (χ3v) is 4.85. The molecule has 0 radical (unpaired) electrons. The summed E-state index contributed by atoms with van der Waals surface area (Å²) in [6, 6.07) is 0. The van der Waals surface area contributed by atoms with E-state index in [1.807, 2.05) is 20.8 Å². The van der Waals surface area contributed by atoms with Gasteiger partial charge >= 0.3 is 0 Å². The van der Waals surface area contributed by atoms with Gasteiger partial charge in [0.1, 0.15) is 5.03 Å². The number of aryl methyl sites for hydroxylation is 2. The molecule has 0 atom stereocenters. The van der Waals surface area contributed by atoms with Crippen LogP contribution in [0.25, 0.3) is 0 Å². The molecule has 2 rings (SSSR count). The number of unbranched alkanes of at least 4 members (excludes halogenated alkanes) is 1. The second-order valence-electron chi connectivity index (χ2n) is 5.45. The quantitative estimate of drug-likeness (QED) is 0.779. The molecule has 0 saturated carbocycles. The number of hydrogen-bond acceptors (Lipinski definition) is 6. The smallest absolute Gasteiger partial charge is 0.251 e. The average Bonchev–Trinajstić information content (AvgIpc) is 2.95. The molecule has 2 N–H and O–H groups in total. The summed E-state index contributed by atoms with van der Waals surface area (Å²) in [5, 5.41) is 12.4. The molecular weight excluding hydrogens is 312 g/mol. The van der Waals surface area contributed by atoms with Crippen molar-refractivity contribution >= 4 is 17.7 Å². The summed E-state index contributed by atoms with van der Waals surface area (Å²) in [5.74, 6) is 0.870. The van der Waals surface area contributed by atoms with Crippen LogP contribution < -0.4 is 5.73 Å². The lowest BCUT2D eigenvalue weighted by atomic mass is 10.0. The number of hydrogen-bond donors (Lipinski definition) is 1. The number of tetrazole rings is 1. The third kappa shape index (κ3) is 3.87. The predicted octanol–water partition coefficient (Wildman–Crippen LogP) is 2.18. The maximum absolute atomic E-state index is 11.8. The first kappa shape index (κ1) is 17.4. The van der Waals surface area contributed by atoms with Crippen LogP contribution in [-0.2, 0) is 12.3 Å². The highest BCUT2D eigenvalue weighted by Gasteiger charge is 2.18. The minimum Gasteiger partial charge on any atom is -0.366 e. The first-order chi connectivity index (χ1) is 11.0. The highest BCUT2D eigenvalue weighted by Crippen LogP contribution is 2.28. The molecule has 0 aliphatic heterocycles. The Morgan fingerprint density at radius 1 is 1.26 bits per heavy atom. The van der Waals surface area contributed by atoms with E-state index >= 15 is 0 Å². The van der Waals surface area contributed by atoms with Gasteiger partial charge in [0.15, 0.2) is 5.82 Å². The fourth-order valence-corrected chi connectivity index (χ4v) is 3.32. The molecule has 0 aromatic carbocycles. The van der Waals surface area contributed by atoms with Crippen molar-refractivity contribution in [1.82, 2.24) is 25.2 Å². The Morgan fingerprint density at radius 2 is 2.00 bits per heavy atom. The lowest BCUT2D eigenvalue weighted by Gasteiger charge is -2.13. The van der Waals surface area contributed by atoms with E-state index in [9.17, 15) is 4.79 Å². The molecule has 2 heterocycles. The van der Waals surface area contributed by atoms with Crippen LogP contribution in [0.3, 0.4) is 0 Å². The second kappa shape index (κ2) is 7.54. The van der Waals surface area contributed by atoms with Crippen molar-refractivity contribution in [3.05, 3.63) is 28.2 Å². The van der Waals surface area contributed by atoms with E-state index in [1.165, 1.54) is 11.8 Å². The van der Waals surface area contributed by atoms with Crippen LogP contribution >= 0.6 is 11.8 Å². The summed E-state index contributed by atoms with van der Waals surface area (Å²) in [5.41, 5.74) is 8.82. The highest BCUT2D eigenvalue weighted by molar-refractivity contribution is 7.98. The van der Waals surface area contributed by atoms with Gasteiger partial charge in [-0.15, -0.1) is 5.10 Å². The van der Waals surface area contributed by atoms with Gasteiger partial charge in [-0.1, -0.05) is 25.1 Å². The molecule has 1 amide bonds. The van der Waals surface area contributed by atoms with Crippen molar-refractivity contribution < 1.29 is 4.79 Å². The Bertz CT molecular complexity index is 712. The molecule has 7 nitrogen and oxygen atoms in total. The normalized spacial score (nSPS) is 11.0. The van der Waals surface area contributed by atoms with E-state index in [-0.39, 0.29) is 0 Å². The summed E-state index contributed by atoms with van der Waals surface area (Å²) >= 11 is 1.44. The molecule has 0 aliphatic rings. The highest BCUT2D eigenvalue weighted by atomic mass is 32.2. The van der Waals surface area contributed by atoms with E-state index < -0.39 is 5.91 Å². The van der Waals surface area contributed by atoms with Gasteiger partial charge in [0.05, 0.1) is 11.3 Å². The number of rotatable bonds is 7. The van der Waals surface area contributed by atoms with Crippen LogP contribution in [0, 0.1) is 20.8 Å². The van der Waals surface area contributed by atoms with Crippen LogP contribution in [0.15, 0.2) is 5.03 Å².